The molecule has 0 aliphatic carbocycles. The molecule has 1 amide bonds. The van der Waals surface area contributed by atoms with Gasteiger partial charge >= 0.3 is 0 Å². The van der Waals surface area contributed by atoms with Crippen molar-refractivity contribution in [1.29, 1.82) is 0 Å². The van der Waals surface area contributed by atoms with Gasteiger partial charge in [0.25, 0.3) is 0 Å². The van der Waals surface area contributed by atoms with Gasteiger partial charge in [-0.05, 0) is 49.1 Å². The van der Waals surface area contributed by atoms with E-state index in [2.05, 4.69) is 16.5 Å². The molecule has 0 spiro atoms. The Morgan fingerprint density at radius 3 is 2.64 bits per heavy atom. The highest BCUT2D eigenvalue weighted by Crippen LogP contribution is 2.24. The smallest absolute Gasteiger partial charge is 0.224 e. The van der Waals surface area contributed by atoms with Gasteiger partial charge in [0.1, 0.15) is 11.9 Å². The van der Waals surface area contributed by atoms with Gasteiger partial charge in [-0.3, -0.25) is 9.48 Å². The second kappa shape index (κ2) is 7.61. The van der Waals surface area contributed by atoms with Crippen molar-refractivity contribution in [3.63, 3.8) is 0 Å². The van der Waals surface area contributed by atoms with Crippen LogP contribution in [0.1, 0.15) is 27.9 Å². The van der Waals surface area contributed by atoms with E-state index in [1.165, 1.54) is 12.1 Å². The van der Waals surface area contributed by atoms with Crippen molar-refractivity contribution in [2.24, 2.45) is 0 Å². The van der Waals surface area contributed by atoms with Crippen molar-refractivity contribution in [2.45, 2.75) is 26.3 Å². The van der Waals surface area contributed by atoms with Crippen LogP contribution in [0.4, 0.5) is 4.39 Å². The predicted molar refractivity (Wildman–Crippen MR) is 97.3 cm³/mol. The van der Waals surface area contributed by atoms with E-state index in [4.69, 9.17) is 0 Å². The van der Waals surface area contributed by atoms with Gasteiger partial charge < -0.3 is 5.32 Å². The van der Waals surface area contributed by atoms with Crippen molar-refractivity contribution in [3.8, 4) is 0 Å². The summed E-state index contributed by atoms with van der Waals surface area (Å²) in [5.74, 6) is -0.388. The normalized spacial score (nSPS) is 12.1. The molecule has 130 valence electrons. The Hall–Kier alpha value is -2.47. The Labute approximate surface area is 150 Å². The molecule has 0 saturated carbocycles. The van der Waals surface area contributed by atoms with Crippen molar-refractivity contribution >= 4 is 17.2 Å². The number of nitrogens with zero attached hydrogens (tertiary/aromatic N) is 2. The second-order valence-corrected chi connectivity index (χ2v) is 6.99. The van der Waals surface area contributed by atoms with Gasteiger partial charge in [0, 0.05) is 17.1 Å². The number of aryl methyl sites for hydroxylation is 2. The lowest BCUT2D eigenvalue weighted by Crippen LogP contribution is -2.32. The average Bonchev–Trinajstić information content (AvgIpc) is 3.20. The summed E-state index contributed by atoms with van der Waals surface area (Å²) in [4.78, 5) is 13.4. The third-order valence-corrected chi connectivity index (χ3v) is 4.96. The number of carbonyl (C=O) groups is 1. The van der Waals surface area contributed by atoms with Crippen LogP contribution in [-0.4, -0.2) is 22.2 Å². The molecule has 0 unspecified atom stereocenters. The van der Waals surface area contributed by atoms with Gasteiger partial charge in [0.05, 0.1) is 12.1 Å². The number of amides is 1. The molecule has 2 heterocycles. The molecular formula is C19H20FN3OS. The molecule has 4 nitrogen and oxygen atoms in total. The van der Waals surface area contributed by atoms with E-state index in [0.717, 1.165) is 21.8 Å². The summed E-state index contributed by atoms with van der Waals surface area (Å²) in [6.45, 7) is 4.44. The number of thiophene rings is 1. The zero-order valence-electron chi connectivity index (χ0n) is 14.2. The van der Waals surface area contributed by atoms with Gasteiger partial charge in [-0.1, -0.05) is 18.2 Å². The summed E-state index contributed by atoms with van der Waals surface area (Å²) < 4.78 is 14.9. The Morgan fingerprint density at radius 2 is 2.04 bits per heavy atom. The van der Waals surface area contributed by atoms with E-state index in [-0.39, 0.29) is 24.2 Å². The van der Waals surface area contributed by atoms with Crippen LogP contribution >= 0.6 is 11.3 Å². The Morgan fingerprint density at radius 1 is 1.28 bits per heavy atom. The van der Waals surface area contributed by atoms with Crippen LogP contribution < -0.4 is 5.32 Å². The fourth-order valence-corrected chi connectivity index (χ4v) is 3.62. The van der Waals surface area contributed by atoms with Crippen LogP contribution in [0.5, 0.6) is 0 Å². The summed E-state index contributed by atoms with van der Waals surface area (Å²) in [7, 11) is 0. The van der Waals surface area contributed by atoms with Crippen LogP contribution in [0.3, 0.4) is 0 Å². The van der Waals surface area contributed by atoms with Crippen LogP contribution in [0, 0.1) is 19.7 Å². The molecule has 2 aromatic heterocycles. The zero-order valence-corrected chi connectivity index (χ0v) is 15.0. The van der Waals surface area contributed by atoms with Crippen LogP contribution in [0.15, 0.2) is 47.8 Å². The van der Waals surface area contributed by atoms with Crippen molar-refractivity contribution < 1.29 is 9.18 Å². The monoisotopic (exact) mass is 357 g/mol. The number of carbonyl (C=O) groups excluding carboxylic acids is 1. The first-order chi connectivity index (χ1) is 12.0. The highest BCUT2D eigenvalue weighted by Gasteiger charge is 2.19. The minimum absolute atomic E-state index is 0.0362. The lowest BCUT2D eigenvalue weighted by atomic mass is 10.1. The van der Waals surface area contributed by atoms with E-state index < -0.39 is 0 Å². The first kappa shape index (κ1) is 17.4. The largest absolute Gasteiger partial charge is 0.353 e. The summed E-state index contributed by atoms with van der Waals surface area (Å²) in [6.07, 6.45) is 0.231. The maximum Gasteiger partial charge on any atom is 0.224 e. The topological polar surface area (TPSA) is 46.9 Å². The average molecular weight is 357 g/mol. The molecule has 1 N–H and O–H groups in total. The zero-order chi connectivity index (χ0) is 17.8. The van der Waals surface area contributed by atoms with Crippen LogP contribution in [0.2, 0.25) is 0 Å². The van der Waals surface area contributed by atoms with Gasteiger partial charge in [-0.25, -0.2) is 4.39 Å². The van der Waals surface area contributed by atoms with Crippen LogP contribution in [0.25, 0.3) is 0 Å². The summed E-state index contributed by atoms with van der Waals surface area (Å²) in [5.41, 5.74) is 2.80. The van der Waals surface area contributed by atoms with Gasteiger partial charge in [-0.15, -0.1) is 11.3 Å². The first-order valence-electron chi connectivity index (χ1n) is 8.10. The molecule has 0 radical (unpaired) electrons. The molecule has 1 atom stereocenters. The van der Waals surface area contributed by atoms with E-state index in [1.807, 2.05) is 36.0 Å². The molecule has 0 aliphatic heterocycles. The lowest BCUT2D eigenvalue weighted by molar-refractivity contribution is -0.120. The SMILES string of the molecule is Cc1cc(C)n([C@@H](CNC(=O)Cc2ccc(F)cc2)c2cccs2)n1. The molecule has 1 aromatic carbocycles. The number of hydrogen-bond acceptors (Lipinski definition) is 3. The Balaban J connectivity index is 1.69. The molecule has 0 fully saturated rings. The van der Waals surface area contributed by atoms with Gasteiger partial charge in [0.2, 0.25) is 5.91 Å². The summed E-state index contributed by atoms with van der Waals surface area (Å²) in [6, 6.07) is 12.0. The molecule has 0 aliphatic rings. The standard InChI is InChI=1S/C19H20FN3OS/c1-13-10-14(2)23(22-13)17(18-4-3-9-25-18)12-21-19(24)11-15-5-7-16(20)8-6-15/h3-10,17H,11-12H2,1-2H3,(H,21,24)/t17-/m0/s1. The Kier molecular flexibility index (Phi) is 5.28. The molecule has 3 rings (SSSR count). The van der Waals surface area contributed by atoms with E-state index in [0.29, 0.717) is 6.54 Å². The fourth-order valence-electron chi connectivity index (χ4n) is 2.81. The lowest BCUT2D eigenvalue weighted by Gasteiger charge is -2.19. The fraction of sp³-hybridized carbons (Fsp3) is 0.263. The number of nitrogens with one attached hydrogen (secondary N) is 1. The minimum atomic E-state index is -0.300. The number of aromatic nitrogens is 2. The maximum absolute atomic E-state index is 13.0. The molecule has 0 bridgehead atoms. The molecular weight excluding hydrogens is 337 g/mol. The predicted octanol–water partition coefficient (Wildman–Crippen LogP) is 3.65. The number of benzene rings is 1. The Bertz CT molecular complexity index is 840. The molecule has 25 heavy (non-hydrogen) atoms. The quantitative estimate of drug-likeness (QED) is 0.732. The van der Waals surface area contributed by atoms with Crippen molar-refractivity contribution in [3.05, 3.63) is 75.5 Å². The van der Waals surface area contributed by atoms with E-state index >= 15 is 0 Å². The highest BCUT2D eigenvalue weighted by molar-refractivity contribution is 7.10. The second-order valence-electron chi connectivity index (χ2n) is 6.01. The number of halogens is 1. The third kappa shape index (κ3) is 4.33. The number of rotatable bonds is 6. The van der Waals surface area contributed by atoms with Gasteiger partial charge in [0.15, 0.2) is 0 Å². The highest BCUT2D eigenvalue weighted by atomic mass is 32.1. The van der Waals surface area contributed by atoms with Crippen LogP contribution in [-0.2, 0) is 11.2 Å². The molecule has 6 heteroatoms. The van der Waals surface area contributed by atoms with Gasteiger partial charge in [-0.2, -0.15) is 5.10 Å². The summed E-state index contributed by atoms with van der Waals surface area (Å²) >= 11 is 1.65. The first-order valence-corrected chi connectivity index (χ1v) is 8.98. The molecule has 0 saturated heterocycles. The number of hydrogen-bond donors (Lipinski definition) is 1. The molecule has 3 aromatic rings. The van der Waals surface area contributed by atoms with Crippen molar-refractivity contribution in [2.75, 3.05) is 6.54 Å². The van der Waals surface area contributed by atoms with E-state index in [1.54, 1.807) is 23.5 Å². The maximum atomic E-state index is 13.0. The van der Waals surface area contributed by atoms with Crippen molar-refractivity contribution in [1.82, 2.24) is 15.1 Å². The summed E-state index contributed by atoms with van der Waals surface area (Å²) in [5, 5.41) is 9.57. The minimum Gasteiger partial charge on any atom is -0.353 e. The third-order valence-electron chi connectivity index (χ3n) is 3.98. The van der Waals surface area contributed by atoms with E-state index in [9.17, 15) is 9.18 Å².